The van der Waals surface area contributed by atoms with E-state index in [-0.39, 0.29) is 5.78 Å². The highest BCUT2D eigenvalue weighted by molar-refractivity contribution is 6.04. The smallest absolute Gasteiger partial charge is 0.198 e. The van der Waals surface area contributed by atoms with Gasteiger partial charge in [0.15, 0.2) is 11.9 Å². The minimum absolute atomic E-state index is 0.0399. The second-order valence-corrected chi connectivity index (χ2v) is 3.07. The van der Waals surface area contributed by atoms with Gasteiger partial charge in [-0.15, -0.1) is 0 Å². The molecule has 0 saturated carbocycles. The molecule has 0 aromatic heterocycles. The number of Topliss-reactive ketones (excluding diaryl/α,β-unsaturated/α-hetero) is 1. The summed E-state index contributed by atoms with van der Waals surface area (Å²) in [6.07, 6.45) is 2.37. The first-order valence-electron chi connectivity index (χ1n) is 4.46. The first-order chi connectivity index (χ1) is 6.38. The van der Waals surface area contributed by atoms with E-state index in [2.05, 4.69) is 0 Å². The van der Waals surface area contributed by atoms with Crippen LogP contribution in [-0.2, 0) is 4.74 Å². The normalized spacial score (nSPS) is 17.5. The Balaban J connectivity index is 2.13. The quantitative estimate of drug-likeness (QED) is 0.644. The van der Waals surface area contributed by atoms with Crippen LogP contribution in [0.3, 0.4) is 0 Å². The second-order valence-electron chi connectivity index (χ2n) is 3.07. The van der Waals surface area contributed by atoms with Gasteiger partial charge < -0.3 is 4.74 Å². The van der Waals surface area contributed by atoms with Gasteiger partial charge in [-0.3, -0.25) is 4.79 Å². The summed E-state index contributed by atoms with van der Waals surface area (Å²) in [6, 6.07) is 9.26. The average Bonchev–Trinajstić information content (AvgIpc) is 2.71. The largest absolute Gasteiger partial charge is 0.363 e. The van der Waals surface area contributed by atoms with Gasteiger partial charge >= 0.3 is 0 Å². The molecule has 1 aliphatic rings. The van der Waals surface area contributed by atoms with Gasteiger partial charge in [0, 0.05) is 12.2 Å². The fourth-order valence-electron chi connectivity index (χ4n) is 1.43. The van der Waals surface area contributed by atoms with Crippen molar-refractivity contribution in [1.29, 1.82) is 0 Å². The van der Waals surface area contributed by atoms with E-state index in [9.17, 15) is 4.79 Å². The van der Waals surface area contributed by atoms with Gasteiger partial charge in [0.05, 0.1) is 0 Å². The summed E-state index contributed by atoms with van der Waals surface area (Å²) in [5, 5.41) is 0. The molecule has 67 valence electrons. The van der Waals surface area contributed by atoms with Gasteiger partial charge in [-0.2, -0.15) is 0 Å². The third-order valence-electron chi connectivity index (χ3n) is 2.11. The topological polar surface area (TPSA) is 26.3 Å². The molecule has 0 bridgehead atoms. The molecular weight excluding hydrogens is 164 g/mol. The third-order valence-corrected chi connectivity index (χ3v) is 2.11. The van der Waals surface area contributed by atoms with Crippen LogP contribution in [0.5, 0.6) is 0 Å². The van der Waals surface area contributed by atoms with Crippen molar-refractivity contribution in [2.75, 3.05) is 6.61 Å². The van der Waals surface area contributed by atoms with Crippen LogP contribution in [0.25, 0.3) is 0 Å². The summed E-state index contributed by atoms with van der Waals surface area (Å²) in [4.78, 5) is 11.7. The molecule has 1 aliphatic heterocycles. The van der Waals surface area contributed by atoms with E-state index in [4.69, 9.17) is 4.74 Å². The molecule has 1 aromatic carbocycles. The van der Waals surface area contributed by atoms with Crippen molar-refractivity contribution < 1.29 is 9.53 Å². The maximum absolute atomic E-state index is 11.7. The van der Waals surface area contributed by atoms with E-state index in [1.165, 1.54) is 0 Å². The highest BCUT2D eigenvalue weighted by Crippen LogP contribution is 2.23. The van der Waals surface area contributed by atoms with Crippen molar-refractivity contribution in [3.63, 3.8) is 0 Å². The van der Waals surface area contributed by atoms with E-state index in [1.54, 1.807) is 0 Å². The lowest BCUT2D eigenvalue weighted by molar-refractivity contribution is 0.0860. The molecule has 1 saturated heterocycles. The van der Waals surface area contributed by atoms with Gasteiger partial charge in [0.1, 0.15) is 0 Å². The fraction of sp³-hybridized carbons (Fsp3) is 0.273. The van der Waals surface area contributed by atoms with Crippen LogP contribution in [-0.4, -0.2) is 12.4 Å². The summed E-state index contributed by atoms with van der Waals surface area (Å²) in [5.41, 5.74) is 0.722. The van der Waals surface area contributed by atoms with Crippen LogP contribution < -0.4 is 0 Å². The first-order valence-corrected chi connectivity index (χ1v) is 4.46. The third kappa shape index (κ3) is 1.78. The fourth-order valence-corrected chi connectivity index (χ4v) is 1.43. The Bertz CT molecular complexity index is 286. The number of carbonyl (C=O) groups excluding carboxylic acids is 1. The number of ketones is 1. The van der Waals surface area contributed by atoms with Crippen molar-refractivity contribution in [1.82, 2.24) is 0 Å². The molecule has 2 rings (SSSR count). The predicted molar refractivity (Wildman–Crippen MR) is 49.2 cm³/mol. The molecule has 0 aliphatic carbocycles. The molecule has 0 unspecified atom stereocenters. The molecule has 1 aromatic rings. The van der Waals surface area contributed by atoms with Gasteiger partial charge in [-0.1, -0.05) is 30.3 Å². The monoisotopic (exact) mass is 175 g/mol. The van der Waals surface area contributed by atoms with E-state index in [0.717, 1.165) is 18.4 Å². The lowest BCUT2D eigenvalue weighted by Gasteiger charge is -2.05. The van der Waals surface area contributed by atoms with Crippen LogP contribution in [0.4, 0.5) is 0 Å². The highest BCUT2D eigenvalue weighted by atomic mass is 16.5. The average molecular weight is 175 g/mol. The van der Waals surface area contributed by atoms with Crippen molar-refractivity contribution in [2.24, 2.45) is 0 Å². The Kier molecular flexibility index (Phi) is 2.41. The van der Waals surface area contributed by atoms with Crippen LogP contribution in [0, 0.1) is 6.10 Å². The Hall–Kier alpha value is -1.15. The van der Waals surface area contributed by atoms with Crippen molar-refractivity contribution in [3.05, 3.63) is 42.0 Å². The minimum atomic E-state index is 0.0399. The molecule has 2 heteroatoms. The molecule has 0 amide bonds. The summed E-state index contributed by atoms with van der Waals surface area (Å²) in [7, 11) is 0. The molecule has 13 heavy (non-hydrogen) atoms. The lowest BCUT2D eigenvalue weighted by Crippen LogP contribution is -2.10. The molecule has 1 heterocycles. The van der Waals surface area contributed by atoms with Gasteiger partial charge in [-0.05, 0) is 12.8 Å². The summed E-state index contributed by atoms with van der Waals surface area (Å²) in [6.45, 7) is 0.688. The zero-order valence-corrected chi connectivity index (χ0v) is 7.32. The van der Waals surface area contributed by atoms with E-state index < -0.39 is 0 Å². The maximum Gasteiger partial charge on any atom is 0.198 e. The Labute approximate surface area is 77.5 Å². The Morgan fingerprint density at radius 1 is 1.23 bits per heavy atom. The molecule has 1 fully saturated rings. The molecular formula is C11H11O2. The standard InChI is InChI=1S/C11H11O2/c12-11(10-7-4-8-13-10)9-5-2-1-3-6-9/h1-3,5-6H,4,7-8H2. The van der Waals surface area contributed by atoms with Crippen LogP contribution in [0.2, 0.25) is 0 Å². The number of ether oxygens (including phenoxy) is 1. The molecule has 0 N–H and O–H groups in total. The van der Waals surface area contributed by atoms with Crippen LogP contribution >= 0.6 is 0 Å². The van der Waals surface area contributed by atoms with E-state index in [0.29, 0.717) is 12.7 Å². The van der Waals surface area contributed by atoms with E-state index >= 15 is 0 Å². The van der Waals surface area contributed by atoms with Crippen molar-refractivity contribution in [2.45, 2.75) is 12.8 Å². The molecule has 0 spiro atoms. The molecule has 1 radical (unpaired) electrons. The van der Waals surface area contributed by atoms with Crippen LogP contribution in [0.15, 0.2) is 30.3 Å². The number of carbonyl (C=O) groups is 1. The van der Waals surface area contributed by atoms with Gasteiger partial charge in [0.25, 0.3) is 0 Å². The number of hydrogen-bond donors (Lipinski definition) is 0. The Morgan fingerprint density at radius 3 is 2.62 bits per heavy atom. The zero-order chi connectivity index (χ0) is 9.10. The van der Waals surface area contributed by atoms with Gasteiger partial charge in [-0.25, -0.2) is 0 Å². The lowest BCUT2D eigenvalue weighted by atomic mass is 10.0. The number of benzene rings is 1. The molecule has 0 atom stereocenters. The number of rotatable bonds is 2. The summed E-state index contributed by atoms with van der Waals surface area (Å²) in [5.74, 6) is 0.0399. The zero-order valence-electron chi connectivity index (χ0n) is 7.32. The minimum Gasteiger partial charge on any atom is -0.363 e. The predicted octanol–water partition coefficient (Wildman–Crippen LogP) is 2.21. The van der Waals surface area contributed by atoms with Gasteiger partial charge in [0.2, 0.25) is 0 Å². The second kappa shape index (κ2) is 3.71. The van der Waals surface area contributed by atoms with Crippen LogP contribution in [0.1, 0.15) is 23.2 Å². The van der Waals surface area contributed by atoms with Crippen molar-refractivity contribution in [3.8, 4) is 0 Å². The maximum atomic E-state index is 11.7. The summed E-state index contributed by atoms with van der Waals surface area (Å²) < 4.78 is 5.24. The SMILES string of the molecule is O=C([C]1CCCO1)c1ccccc1. The highest BCUT2D eigenvalue weighted by Gasteiger charge is 2.25. The van der Waals surface area contributed by atoms with Crippen molar-refractivity contribution >= 4 is 5.78 Å². The van der Waals surface area contributed by atoms with E-state index in [1.807, 2.05) is 30.3 Å². The number of hydrogen-bond acceptors (Lipinski definition) is 2. The molecule has 2 nitrogen and oxygen atoms in total. The first kappa shape index (κ1) is 8.45. The Morgan fingerprint density at radius 2 is 2.00 bits per heavy atom. The summed E-state index contributed by atoms with van der Waals surface area (Å²) >= 11 is 0.